The SMILES string of the molecule is CC(CCBr)NC(=O)CC1CC2CCC1C2. The lowest BCUT2D eigenvalue weighted by atomic mass is 9.86. The molecule has 2 bridgehead atoms. The van der Waals surface area contributed by atoms with Gasteiger partial charge in [0.05, 0.1) is 0 Å². The van der Waals surface area contributed by atoms with Crippen molar-refractivity contribution in [3.05, 3.63) is 0 Å². The van der Waals surface area contributed by atoms with Gasteiger partial charge >= 0.3 is 0 Å². The Morgan fingerprint density at radius 3 is 2.81 bits per heavy atom. The number of alkyl halides is 1. The van der Waals surface area contributed by atoms with Crippen LogP contribution < -0.4 is 5.32 Å². The number of rotatable bonds is 5. The highest BCUT2D eigenvalue weighted by Gasteiger charge is 2.40. The summed E-state index contributed by atoms with van der Waals surface area (Å²) >= 11 is 3.40. The second kappa shape index (κ2) is 5.52. The summed E-state index contributed by atoms with van der Waals surface area (Å²) in [5.41, 5.74) is 0. The third-order valence-electron chi connectivity index (χ3n) is 4.28. The van der Waals surface area contributed by atoms with Crippen LogP contribution in [-0.2, 0) is 4.79 Å². The van der Waals surface area contributed by atoms with Crippen molar-refractivity contribution in [3.63, 3.8) is 0 Å². The summed E-state index contributed by atoms with van der Waals surface area (Å²) in [6.45, 7) is 2.08. The van der Waals surface area contributed by atoms with E-state index >= 15 is 0 Å². The van der Waals surface area contributed by atoms with Gasteiger partial charge in [-0.1, -0.05) is 22.4 Å². The van der Waals surface area contributed by atoms with Gasteiger partial charge in [0.15, 0.2) is 0 Å². The number of nitrogens with one attached hydrogen (secondary N) is 1. The fourth-order valence-corrected chi connectivity index (χ4v) is 4.12. The second-order valence-electron chi connectivity index (χ2n) is 5.59. The van der Waals surface area contributed by atoms with E-state index < -0.39 is 0 Å². The van der Waals surface area contributed by atoms with Gasteiger partial charge in [-0.15, -0.1) is 0 Å². The Morgan fingerprint density at radius 2 is 2.25 bits per heavy atom. The number of fused-ring (bicyclic) bond motifs is 2. The largest absolute Gasteiger partial charge is 0.354 e. The van der Waals surface area contributed by atoms with Crippen LogP contribution in [0.5, 0.6) is 0 Å². The van der Waals surface area contributed by atoms with Gasteiger partial charge in [0.1, 0.15) is 0 Å². The van der Waals surface area contributed by atoms with Gasteiger partial charge in [0.2, 0.25) is 5.91 Å². The molecule has 0 radical (unpaired) electrons. The fraction of sp³-hybridized carbons (Fsp3) is 0.923. The molecule has 2 aliphatic carbocycles. The molecule has 92 valence electrons. The summed E-state index contributed by atoms with van der Waals surface area (Å²) in [6, 6.07) is 0.311. The van der Waals surface area contributed by atoms with Gasteiger partial charge < -0.3 is 5.32 Å². The van der Waals surface area contributed by atoms with E-state index in [1.54, 1.807) is 0 Å². The molecule has 0 aromatic carbocycles. The highest BCUT2D eigenvalue weighted by Crippen LogP contribution is 2.49. The standard InChI is InChI=1S/C13H22BrNO/c1-9(4-5-14)15-13(16)8-12-7-10-2-3-11(12)6-10/h9-12H,2-8H2,1H3,(H,15,16). The van der Waals surface area contributed by atoms with Crippen molar-refractivity contribution >= 4 is 21.8 Å². The van der Waals surface area contributed by atoms with E-state index in [1.807, 2.05) is 0 Å². The Bertz CT molecular complexity index is 256. The summed E-state index contributed by atoms with van der Waals surface area (Å²) < 4.78 is 0. The molecular formula is C13H22BrNO. The minimum atomic E-state index is 0.269. The van der Waals surface area contributed by atoms with Gasteiger partial charge in [0.25, 0.3) is 0 Å². The lowest BCUT2D eigenvalue weighted by Crippen LogP contribution is -2.34. The molecule has 4 unspecified atom stereocenters. The highest BCUT2D eigenvalue weighted by atomic mass is 79.9. The third-order valence-corrected chi connectivity index (χ3v) is 4.74. The molecule has 0 spiro atoms. The van der Waals surface area contributed by atoms with E-state index in [1.165, 1.54) is 25.7 Å². The summed E-state index contributed by atoms with van der Waals surface area (Å²) in [5, 5.41) is 4.06. The van der Waals surface area contributed by atoms with Crippen LogP contribution in [0.4, 0.5) is 0 Å². The molecule has 0 heterocycles. The molecule has 3 heteroatoms. The average molecular weight is 288 g/mol. The molecule has 16 heavy (non-hydrogen) atoms. The van der Waals surface area contributed by atoms with Gasteiger partial charge in [-0.3, -0.25) is 4.79 Å². The predicted molar refractivity (Wildman–Crippen MR) is 69.6 cm³/mol. The minimum absolute atomic E-state index is 0.269. The van der Waals surface area contributed by atoms with Crippen LogP contribution in [0, 0.1) is 17.8 Å². The smallest absolute Gasteiger partial charge is 0.220 e. The quantitative estimate of drug-likeness (QED) is 0.774. The maximum absolute atomic E-state index is 11.8. The number of halogens is 1. The maximum atomic E-state index is 11.8. The van der Waals surface area contributed by atoms with E-state index in [0.29, 0.717) is 12.0 Å². The molecule has 0 aromatic heterocycles. The van der Waals surface area contributed by atoms with Crippen molar-refractivity contribution in [2.75, 3.05) is 5.33 Å². The van der Waals surface area contributed by atoms with Crippen LogP contribution >= 0.6 is 15.9 Å². The van der Waals surface area contributed by atoms with E-state index in [-0.39, 0.29) is 5.91 Å². The second-order valence-corrected chi connectivity index (χ2v) is 6.38. The predicted octanol–water partition coefficient (Wildman–Crippen LogP) is 3.10. The fourth-order valence-electron chi connectivity index (χ4n) is 3.43. The first kappa shape index (κ1) is 12.4. The highest BCUT2D eigenvalue weighted by molar-refractivity contribution is 9.09. The zero-order valence-corrected chi connectivity index (χ0v) is 11.6. The molecule has 0 saturated heterocycles. The van der Waals surface area contributed by atoms with Crippen molar-refractivity contribution in [1.82, 2.24) is 5.32 Å². The molecule has 2 nitrogen and oxygen atoms in total. The summed E-state index contributed by atoms with van der Waals surface area (Å²) in [4.78, 5) is 11.8. The van der Waals surface area contributed by atoms with Crippen LogP contribution in [0.25, 0.3) is 0 Å². The Kier molecular flexibility index (Phi) is 4.28. The minimum Gasteiger partial charge on any atom is -0.354 e. The van der Waals surface area contributed by atoms with Gasteiger partial charge in [-0.25, -0.2) is 0 Å². The normalized spacial score (nSPS) is 34.0. The van der Waals surface area contributed by atoms with Crippen LogP contribution in [0.3, 0.4) is 0 Å². The van der Waals surface area contributed by atoms with Crippen LogP contribution in [0.1, 0.15) is 45.4 Å². The first-order valence-corrected chi connectivity index (χ1v) is 7.66. The molecule has 0 aliphatic heterocycles. The van der Waals surface area contributed by atoms with Crippen LogP contribution in [0.2, 0.25) is 0 Å². The van der Waals surface area contributed by atoms with Crippen molar-refractivity contribution in [2.24, 2.45) is 17.8 Å². The number of carbonyl (C=O) groups excluding carboxylic acids is 1. The zero-order valence-electron chi connectivity index (χ0n) is 10.0. The Hall–Kier alpha value is -0.0500. The topological polar surface area (TPSA) is 29.1 Å². The van der Waals surface area contributed by atoms with Crippen LogP contribution in [0.15, 0.2) is 0 Å². The third kappa shape index (κ3) is 2.99. The monoisotopic (exact) mass is 287 g/mol. The number of carbonyl (C=O) groups is 1. The molecular weight excluding hydrogens is 266 g/mol. The van der Waals surface area contributed by atoms with Crippen molar-refractivity contribution in [2.45, 2.75) is 51.5 Å². The Labute approximate surface area is 107 Å². The molecule has 2 fully saturated rings. The molecule has 1 N–H and O–H groups in total. The zero-order chi connectivity index (χ0) is 11.5. The van der Waals surface area contributed by atoms with Crippen molar-refractivity contribution < 1.29 is 4.79 Å². The van der Waals surface area contributed by atoms with E-state index in [4.69, 9.17) is 0 Å². The molecule has 1 amide bonds. The number of amides is 1. The van der Waals surface area contributed by atoms with Crippen molar-refractivity contribution in [1.29, 1.82) is 0 Å². The van der Waals surface area contributed by atoms with Gasteiger partial charge in [0, 0.05) is 17.8 Å². The van der Waals surface area contributed by atoms with E-state index in [9.17, 15) is 4.79 Å². The Morgan fingerprint density at radius 1 is 1.44 bits per heavy atom. The molecule has 2 aliphatic rings. The first-order chi connectivity index (χ1) is 7.69. The molecule has 2 saturated carbocycles. The first-order valence-electron chi connectivity index (χ1n) is 6.54. The lowest BCUT2D eigenvalue weighted by Gasteiger charge is -2.22. The number of hydrogen-bond acceptors (Lipinski definition) is 1. The number of hydrogen-bond donors (Lipinski definition) is 1. The maximum Gasteiger partial charge on any atom is 0.220 e. The van der Waals surface area contributed by atoms with E-state index in [0.717, 1.165) is 30.0 Å². The van der Waals surface area contributed by atoms with Crippen molar-refractivity contribution in [3.8, 4) is 0 Å². The molecule has 2 rings (SSSR count). The summed E-state index contributed by atoms with van der Waals surface area (Å²) in [6.07, 6.45) is 7.29. The van der Waals surface area contributed by atoms with Crippen LogP contribution in [-0.4, -0.2) is 17.3 Å². The summed E-state index contributed by atoms with van der Waals surface area (Å²) in [7, 11) is 0. The van der Waals surface area contributed by atoms with Gasteiger partial charge in [-0.2, -0.15) is 0 Å². The lowest BCUT2D eigenvalue weighted by molar-refractivity contribution is -0.123. The molecule has 4 atom stereocenters. The van der Waals surface area contributed by atoms with Gasteiger partial charge in [-0.05, 0) is 50.4 Å². The summed E-state index contributed by atoms with van der Waals surface area (Å²) in [5.74, 6) is 2.77. The average Bonchev–Trinajstić information content (AvgIpc) is 2.78. The Balaban J connectivity index is 1.71. The van der Waals surface area contributed by atoms with E-state index in [2.05, 4.69) is 28.2 Å². The molecule has 0 aromatic rings.